The number of hydrogen-bond donors (Lipinski definition) is 3. The zero-order chi connectivity index (χ0) is 37.6. The first-order valence-corrected chi connectivity index (χ1v) is 17.9. The van der Waals surface area contributed by atoms with Crippen molar-refractivity contribution in [2.75, 3.05) is 0 Å². The van der Waals surface area contributed by atoms with Gasteiger partial charge in [0.1, 0.15) is 40.9 Å². The second kappa shape index (κ2) is 12.4. The standard InChI is InChI=1S/C34H26F7N7O4S/c35-16-5-14(6-17(36)9-16)7-25(43-27(49)13-48-31-28(30(46-48)32(38)39)20-10-22(20)34(31,40)41)29-19(11-24-26(44-29)12-42-45-24)15-1-4-23(37)21(8-15)33(50)47-53(51,52)18-2-3-18/h1,4-6,8-9,11-12,18,20,22,25,32H,2-3,7,10,13H2,(H,42,45)(H,43,49)(H,47,50)/t20-,22+,25-/m0/s1. The van der Waals surface area contributed by atoms with Crippen LogP contribution >= 0.6 is 0 Å². The first-order valence-electron chi connectivity index (χ1n) is 16.3. The Morgan fingerprint density at radius 1 is 1.02 bits per heavy atom. The number of pyridine rings is 1. The summed E-state index contributed by atoms with van der Waals surface area (Å²) in [6, 6.07) is 5.96. The van der Waals surface area contributed by atoms with Crippen molar-refractivity contribution in [2.24, 2.45) is 5.92 Å². The van der Waals surface area contributed by atoms with Crippen molar-refractivity contribution in [3.63, 3.8) is 0 Å². The number of nitrogens with zero attached hydrogens (tertiary/aromatic N) is 4. The van der Waals surface area contributed by atoms with E-state index in [0.29, 0.717) is 29.1 Å². The van der Waals surface area contributed by atoms with E-state index in [-0.39, 0.29) is 46.3 Å². The lowest BCUT2D eigenvalue weighted by molar-refractivity contribution is -0.123. The summed E-state index contributed by atoms with van der Waals surface area (Å²) >= 11 is 0. The molecule has 19 heteroatoms. The van der Waals surface area contributed by atoms with Crippen LogP contribution in [0, 0.1) is 23.4 Å². The van der Waals surface area contributed by atoms with Crippen LogP contribution in [0.4, 0.5) is 30.7 Å². The fraction of sp³-hybridized carbons (Fsp3) is 0.324. The number of nitrogens with one attached hydrogen (secondary N) is 3. The molecule has 2 fully saturated rings. The van der Waals surface area contributed by atoms with Crippen LogP contribution in [0.15, 0.2) is 48.7 Å². The van der Waals surface area contributed by atoms with Gasteiger partial charge in [0.25, 0.3) is 18.3 Å². The lowest BCUT2D eigenvalue weighted by Crippen LogP contribution is -2.35. The molecule has 8 rings (SSSR count). The second-order valence-electron chi connectivity index (χ2n) is 13.4. The highest BCUT2D eigenvalue weighted by molar-refractivity contribution is 7.91. The monoisotopic (exact) mass is 761 g/mol. The number of rotatable bonds is 11. The number of hydrogen-bond acceptors (Lipinski definition) is 7. The molecule has 2 saturated carbocycles. The van der Waals surface area contributed by atoms with E-state index in [9.17, 15) is 35.6 Å². The van der Waals surface area contributed by atoms with Gasteiger partial charge in [-0.3, -0.25) is 19.4 Å². The van der Waals surface area contributed by atoms with Gasteiger partial charge >= 0.3 is 0 Å². The first kappa shape index (κ1) is 34.7. The number of halogens is 7. The molecule has 11 nitrogen and oxygen atoms in total. The van der Waals surface area contributed by atoms with Gasteiger partial charge in [0, 0.05) is 23.1 Å². The van der Waals surface area contributed by atoms with Gasteiger partial charge in [-0.25, -0.2) is 40.1 Å². The molecule has 3 aliphatic rings. The Morgan fingerprint density at radius 2 is 1.75 bits per heavy atom. The maximum Gasteiger partial charge on any atom is 0.293 e. The van der Waals surface area contributed by atoms with Crippen LogP contribution in [0.2, 0.25) is 0 Å². The molecule has 3 N–H and O–H groups in total. The predicted molar refractivity (Wildman–Crippen MR) is 172 cm³/mol. The molecule has 2 aromatic carbocycles. The molecule has 3 aliphatic carbocycles. The smallest absolute Gasteiger partial charge is 0.293 e. The third-order valence-corrected chi connectivity index (χ3v) is 11.5. The van der Waals surface area contributed by atoms with Crippen molar-refractivity contribution < 1.29 is 48.7 Å². The Kier molecular flexibility index (Phi) is 8.12. The van der Waals surface area contributed by atoms with Crippen LogP contribution in [0.5, 0.6) is 0 Å². The molecular formula is C34H26F7N7O4S. The van der Waals surface area contributed by atoms with E-state index in [1.807, 2.05) is 4.72 Å². The maximum absolute atomic E-state index is 15.2. The topological polar surface area (TPSA) is 152 Å². The van der Waals surface area contributed by atoms with Crippen LogP contribution in [0.25, 0.3) is 22.2 Å². The van der Waals surface area contributed by atoms with Gasteiger partial charge in [-0.15, -0.1) is 0 Å². The zero-order valence-corrected chi connectivity index (χ0v) is 27.8. The fourth-order valence-corrected chi connectivity index (χ4v) is 8.33. The lowest BCUT2D eigenvalue weighted by atomic mass is 9.94. The maximum atomic E-state index is 15.2. The molecule has 3 heterocycles. The average molecular weight is 762 g/mol. The highest BCUT2D eigenvalue weighted by atomic mass is 32.2. The van der Waals surface area contributed by atoms with Crippen molar-refractivity contribution in [1.29, 1.82) is 0 Å². The SMILES string of the molecule is O=C(Cn1nc(C(F)F)c2c1C(F)(F)[C@@H]1C[C@H]21)N[C@@H](Cc1cc(F)cc(F)c1)c1nc2cn[nH]c2cc1-c1ccc(F)c(C(=O)NS(=O)(=O)C2CC2)c1. The number of aromatic amines is 1. The molecule has 0 aliphatic heterocycles. The average Bonchev–Trinajstić information content (AvgIpc) is 3.99. The molecule has 2 amide bonds. The minimum absolute atomic E-state index is 0.0118. The van der Waals surface area contributed by atoms with Crippen LogP contribution in [0.3, 0.4) is 0 Å². The van der Waals surface area contributed by atoms with E-state index in [1.54, 1.807) is 0 Å². The molecule has 3 aromatic heterocycles. The van der Waals surface area contributed by atoms with E-state index in [0.717, 1.165) is 24.3 Å². The van der Waals surface area contributed by atoms with E-state index < -0.39 is 98.3 Å². The van der Waals surface area contributed by atoms with E-state index in [1.165, 1.54) is 18.3 Å². The number of alkyl halides is 4. The van der Waals surface area contributed by atoms with Gasteiger partial charge in [-0.2, -0.15) is 19.0 Å². The van der Waals surface area contributed by atoms with Crippen LogP contribution in [0.1, 0.15) is 76.2 Å². The van der Waals surface area contributed by atoms with Crippen molar-refractivity contribution in [3.05, 3.63) is 99.9 Å². The number of amides is 2. The molecule has 276 valence electrons. The third kappa shape index (κ3) is 6.29. The van der Waals surface area contributed by atoms with Crippen molar-refractivity contribution in [3.8, 4) is 11.1 Å². The molecule has 0 bridgehead atoms. The van der Waals surface area contributed by atoms with E-state index in [2.05, 4.69) is 25.6 Å². The minimum Gasteiger partial charge on any atom is -0.346 e. The Morgan fingerprint density at radius 3 is 2.45 bits per heavy atom. The largest absolute Gasteiger partial charge is 0.346 e. The molecular weight excluding hydrogens is 735 g/mol. The van der Waals surface area contributed by atoms with Crippen LogP contribution in [-0.2, 0) is 33.7 Å². The van der Waals surface area contributed by atoms with Crippen molar-refractivity contribution in [1.82, 2.24) is 35.0 Å². The molecule has 53 heavy (non-hydrogen) atoms. The summed E-state index contributed by atoms with van der Waals surface area (Å²) in [6.45, 7) is -0.933. The molecule has 5 aromatic rings. The van der Waals surface area contributed by atoms with Crippen molar-refractivity contribution >= 4 is 32.9 Å². The van der Waals surface area contributed by atoms with Gasteiger partial charge in [0.05, 0.1) is 34.3 Å². The predicted octanol–water partition coefficient (Wildman–Crippen LogP) is 5.71. The van der Waals surface area contributed by atoms with E-state index >= 15 is 13.2 Å². The highest BCUT2D eigenvalue weighted by Crippen LogP contribution is 2.68. The number of aromatic nitrogens is 5. The highest BCUT2D eigenvalue weighted by Gasteiger charge is 2.67. The summed E-state index contributed by atoms with van der Waals surface area (Å²) in [5.41, 5.74) is -1.76. The summed E-state index contributed by atoms with van der Waals surface area (Å²) < 4.78 is 129. The number of carbonyl (C=O) groups excluding carboxylic acids is 2. The zero-order valence-electron chi connectivity index (χ0n) is 27.0. The Balaban J connectivity index is 1.19. The Bertz CT molecular complexity index is 2430. The number of fused-ring (bicyclic) bond motifs is 4. The number of sulfonamides is 1. The second-order valence-corrected chi connectivity index (χ2v) is 15.3. The molecule has 3 atom stereocenters. The van der Waals surface area contributed by atoms with Gasteiger partial charge in [-0.1, -0.05) is 6.07 Å². The van der Waals surface area contributed by atoms with Gasteiger partial charge in [-0.05, 0) is 73.1 Å². The Labute approximate surface area is 295 Å². The first-order chi connectivity index (χ1) is 25.1. The summed E-state index contributed by atoms with van der Waals surface area (Å²) in [5, 5.41) is 12.2. The number of carbonyl (C=O) groups is 2. The Hall–Kier alpha value is -5.33. The van der Waals surface area contributed by atoms with Crippen LogP contribution < -0.4 is 10.0 Å². The minimum atomic E-state index is -4.06. The number of benzene rings is 2. The van der Waals surface area contributed by atoms with Gasteiger partial charge < -0.3 is 5.32 Å². The normalized spacial score (nSPS) is 19.2. The fourth-order valence-electron chi connectivity index (χ4n) is 7.04. The summed E-state index contributed by atoms with van der Waals surface area (Å²) in [4.78, 5) is 31.3. The van der Waals surface area contributed by atoms with Crippen molar-refractivity contribution in [2.45, 2.75) is 61.8 Å². The number of H-pyrrole nitrogens is 1. The summed E-state index contributed by atoms with van der Waals surface area (Å²) in [6.07, 6.45) is -1.53. The molecule has 0 unspecified atom stereocenters. The lowest BCUT2D eigenvalue weighted by Gasteiger charge is -2.23. The van der Waals surface area contributed by atoms with Gasteiger partial charge in [0.15, 0.2) is 0 Å². The third-order valence-electron chi connectivity index (χ3n) is 9.66. The molecule has 0 saturated heterocycles. The van der Waals surface area contributed by atoms with E-state index in [4.69, 9.17) is 0 Å². The van der Waals surface area contributed by atoms with Crippen LogP contribution in [-0.4, -0.2) is 50.4 Å². The molecule has 0 spiro atoms. The summed E-state index contributed by atoms with van der Waals surface area (Å²) in [5.74, 6) is -10.7. The molecule has 0 radical (unpaired) electrons. The quantitative estimate of drug-likeness (QED) is 0.146. The summed E-state index contributed by atoms with van der Waals surface area (Å²) in [7, 11) is -4.06. The van der Waals surface area contributed by atoms with Gasteiger partial charge in [0.2, 0.25) is 15.9 Å².